The van der Waals surface area contributed by atoms with Crippen molar-refractivity contribution in [1.29, 1.82) is 0 Å². The lowest BCUT2D eigenvalue weighted by Gasteiger charge is -2.26. The van der Waals surface area contributed by atoms with Crippen molar-refractivity contribution in [3.63, 3.8) is 0 Å². The summed E-state index contributed by atoms with van der Waals surface area (Å²) in [7, 11) is 0. The first kappa shape index (κ1) is 28.4. The lowest BCUT2D eigenvalue weighted by Crippen LogP contribution is -2.29. The van der Waals surface area contributed by atoms with Crippen LogP contribution in [0.4, 0.5) is 18.9 Å². The number of halogens is 3. The maximum Gasteiger partial charge on any atom is 0.573 e. The van der Waals surface area contributed by atoms with Crippen molar-refractivity contribution in [2.24, 2.45) is 10.2 Å². The van der Waals surface area contributed by atoms with E-state index >= 15 is 0 Å². The van der Waals surface area contributed by atoms with Gasteiger partial charge in [0.05, 0.1) is 11.9 Å². The summed E-state index contributed by atoms with van der Waals surface area (Å²) in [6, 6.07) is 21.5. The van der Waals surface area contributed by atoms with Gasteiger partial charge in [-0.3, -0.25) is 0 Å². The fourth-order valence-corrected chi connectivity index (χ4v) is 5.40. The minimum atomic E-state index is -4.74. The minimum Gasteiger partial charge on any atom is -0.406 e. The van der Waals surface area contributed by atoms with Gasteiger partial charge in [0.2, 0.25) is 0 Å². The van der Waals surface area contributed by atoms with E-state index < -0.39 is 6.36 Å². The molecule has 1 aliphatic heterocycles. The van der Waals surface area contributed by atoms with Gasteiger partial charge in [0, 0.05) is 23.5 Å². The molecule has 7 nitrogen and oxygen atoms in total. The molecule has 11 heteroatoms. The summed E-state index contributed by atoms with van der Waals surface area (Å²) in [5.74, 6) is 1.60. The van der Waals surface area contributed by atoms with Crippen molar-refractivity contribution in [1.82, 2.24) is 14.8 Å². The van der Waals surface area contributed by atoms with Crippen LogP contribution >= 0.6 is 11.8 Å². The van der Waals surface area contributed by atoms with Gasteiger partial charge in [-0.05, 0) is 60.2 Å². The van der Waals surface area contributed by atoms with E-state index in [1.165, 1.54) is 46.5 Å². The average Bonchev–Trinajstić information content (AvgIpc) is 3.33. The van der Waals surface area contributed by atoms with E-state index in [1.807, 2.05) is 24.3 Å². The normalized spacial score (nSPS) is 15.6. The van der Waals surface area contributed by atoms with Gasteiger partial charge in [0.15, 0.2) is 11.0 Å². The largest absolute Gasteiger partial charge is 0.573 e. The molecule has 2 heterocycles. The molecular formula is C30H29F3N6OS. The third kappa shape index (κ3) is 7.35. The predicted molar refractivity (Wildman–Crippen MR) is 158 cm³/mol. The number of anilines is 1. The van der Waals surface area contributed by atoms with Gasteiger partial charge in [0.1, 0.15) is 12.1 Å². The summed E-state index contributed by atoms with van der Waals surface area (Å²) in [5, 5.41) is 14.4. The minimum absolute atomic E-state index is 0.297. The second-order valence-corrected chi connectivity index (χ2v) is 10.8. The zero-order valence-corrected chi connectivity index (χ0v) is 23.4. The molecule has 0 unspecified atom stereocenters. The molecule has 0 N–H and O–H groups in total. The van der Waals surface area contributed by atoms with Gasteiger partial charge in [-0.2, -0.15) is 5.10 Å². The number of hydrogen-bond acceptors (Lipinski definition) is 6. The number of hydrogen-bond donors (Lipinski definition) is 0. The summed E-state index contributed by atoms with van der Waals surface area (Å²) in [6.07, 6.45) is 0.737. The highest BCUT2D eigenvalue weighted by Gasteiger charge is 2.31. The molecule has 0 saturated carbocycles. The second kappa shape index (κ2) is 12.6. The van der Waals surface area contributed by atoms with Gasteiger partial charge in [-0.25, -0.2) is 9.67 Å². The number of alkyl halides is 3. The monoisotopic (exact) mass is 578 g/mol. The first-order valence-corrected chi connectivity index (χ1v) is 14.2. The van der Waals surface area contributed by atoms with Crippen LogP contribution < -0.4 is 9.64 Å². The topological polar surface area (TPSA) is 67.9 Å². The molecule has 5 rings (SSSR count). The molecule has 3 aromatic carbocycles. The fraction of sp³-hybridized carbons (Fsp3) is 0.267. The van der Waals surface area contributed by atoms with Crippen LogP contribution in [0.2, 0.25) is 0 Å². The Balaban J connectivity index is 1.28. The Hall–Kier alpha value is -4.12. The number of amidine groups is 1. The summed E-state index contributed by atoms with van der Waals surface area (Å²) >= 11 is 1.73. The quantitative estimate of drug-likeness (QED) is 0.166. The molecule has 0 atom stereocenters. The van der Waals surface area contributed by atoms with Crippen molar-refractivity contribution < 1.29 is 17.9 Å². The van der Waals surface area contributed by atoms with Crippen LogP contribution in [0.3, 0.4) is 0 Å². The zero-order valence-electron chi connectivity index (χ0n) is 22.6. The first-order valence-electron chi connectivity index (χ1n) is 13.3. The third-order valence-corrected chi connectivity index (χ3v) is 7.49. The van der Waals surface area contributed by atoms with Gasteiger partial charge < -0.3 is 9.64 Å². The van der Waals surface area contributed by atoms with Gasteiger partial charge in [0.25, 0.3) is 0 Å². The van der Waals surface area contributed by atoms with Crippen molar-refractivity contribution in [2.75, 3.05) is 17.2 Å². The summed E-state index contributed by atoms with van der Waals surface area (Å²) in [6.45, 7) is 5.32. The molecule has 0 radical (unpaired) electrons. The van der Waals surface area contributed by atoms with E-state index in [2.05, 4.69) is 68.0 Å². The van der Waals surface area contributed by atoms with E-state index in [0.717, 1.165) is 41.4 Å². The van der Waals surface area contributed by atoms with Crippen molar-refractivity contribution in [2.45, 2.75) is 39.0 Å². The van der Waals surface area contributed by atoms with Crippen LogP contribution in [0.5, 0.6) is 5.75 Å². The summed E-state index contributed by atoms with van der Waals surface area (Å²) in [5.41, 5.74) is 4.71. The van der Waals surface area contributed by atoms with Crippen LogP contribution in [0.1, 0.15) is 43.7 Å². The Labute approximate surface area is 240 Å². The molecule has 41 heavy (non-hydrogen) atoms. The zero-order chi connectivity index (χ0) is 28.8. The molecule has 0 amide bonds. The van der Waals surface area contributed by atoms with Crippen LogP contribution in [-0.4, -0.2) is 44.8 Å². The fourth-order valence-electron chi connectivity index (χ4n) is 4.42. The molecule has 1 aromatic heterocycles. The van der Waals surface area contributed by atoms with Crippen molar-refractivity contribution >= 4 is 28.8 Å². The number of ether oxygens (including phenoxy) is 1. The number of nitrogens with zero attached hydrogens (tertiary/aromatic N) is 6. The number of para-hydroxylation sites is 1. The smallest absolute Gasteiger partial charge is 0.406 e. The Morgan fingerprint density at radius 1 is 0.976 bits per heavy atom. The third-order valence-electron chi connectivity index (χ3n) is 6.43. The molecule has 212 valence electrons. The lowest BCUT2D eigenvalue weighted by atomic mass is 10.0. The van der Waals surface area contributed by atoms with Gasteiger partial charge in [-0.15, -0.1) is 23.4 Å². The molecule has 0 aliphatic carbocycles. The maximum absolute atomic E-state index is 12.4. The van der Waals surface area contributed by atoms with Crippen LogP contribution in [0.15, 0.2) is 89.3 Å². The number of aromatic nitrogens is 3. The SMILES string of the molecule is CC(C)c1ccccc1N1CCCCS/C1=N\N=C\c1ccc(-c2ncn(-c3ccc(OC(F)(F)F)cc3)n2)cc1. The average molecular weight is 579 g/mol. The highest BCUT2D eigenvalue weighted by Crippen LogP contribution is 2.31. The van der Waals surface area contributed by atoms with Gasteiger partial charge >= 0.3 is 6.36 Å². The van der Waals surface area contributed by atoms with Crippen molar-refractivity contribution in [3.05, 3.63) is 90.3 Å². The van der Waals surface area contributed by atoms with Crippen LogP contribution in [0.25, 0.3) is 17.1 Å². The van der Waals surface area contributed by atoms with E-state index in [0.29, 0.717) is 17.4 Å². The van der Waals surface area contributed by atoms with E-state index in [9.17, 15) is 13.2 Å². The molecule has 0 spiro atoms. The highest BCUT2D eigenvalue weighted by atomic mass is 32.2. The van der Waals surface area contributed by atoms with Crippen LogP contribution in [-0.2, 0) is 0 Å². The number of benzene rings is 3. The molecule has 1 aliphatic rings. The lowest BCUT2D eigenvalue weighted by molar-refractivity contribution is -0.274. The van der Waals surface area contributed by atoms with Crippen molar-refractivity contribution in [3.8, 4) is 22.8 Å². The molecule has 0 bridgehead atoms. The summed E-state index contributed by atoms with van der Waals surface area (Å²) in [4.78, 5) is 6.62. The highest BCUT2D eigenvalue weighted by molar-refractivity contribution is 8.14. The predicted octanol–water partition coefficient (Wildman–Crippen LogP) is 7.68. The molecule has 4 aromatic rings. The van der Waals surface area contributed by atoms with Crippen LogP contribution in [0, 0.1) is 0 Å². The van der Waals surface area contributed by atoms with E-state index in [4.69, 9.17) is 0 Å². The van der Waals surface area contributed by atoms with E-state index in [-0.39, 0.29) is 5.75 Å². The molecule has 1 fully saturated rings. The maximum atomic E-state index is 12.4. The molecule has 1 saturated heterocycles. The number of rotatable bonds is 7. The van der Waals surface area contributed by atoms with Gasteiger partial charge in [-0.1, -0.05) is 68.1 Å². The Bertz CT molecular complexity index is 1510. The Kier molecular flexibility index (Phi) is 8.72. The Morgan fingerprint density at radius 2 is 1.73 bits per heavy atom. The molecular weight excluding hydrogens is 549 g/mol. The Morgan fingerprint density at radius 3 is 2.46 bits per heavy atom. The van der Waals surface area contributed by atoms with E-state index in [1.54, 1.807) is 18.0 Å². The first-order chi connectivity index (χ1) is 19.8. The summed E-state index contributed by atoms with van der Waals surface area (Å²) < 4.78 is 42.6. The standard InChI is InChI=1S/C30H29F3N6OS/c1-21(2)26-7-3-4-8-27(26)38-17-5-6-18-41-29(38)36-35-19-22-9-11-23(12-10-22)28-34-20-39(37-28)24-13-15-25(16-14-24)40-30(31,32)33/h3-4,7-16,19-21H,5-6,17-18H2,1-2H3/b35-19+,36-29-. The second-order valence-electron chi connectivity index (χ2n) is 9.72. The number of thioether (sulfide) groups is 1.